The number of ketones is 1. The summed E-state index contributed by atoms with van der Waals surface area (Å²) in [5, 5.41) is 3.35. The Bertz CT molecular complexity index is 1340. The van der Waals surface area contributed by atoms with Crippen LogP contribution in [0.5, 0.6) is 11.5 Å². The molecule has 0 bridgehead atoms. The van der Waals surface area contributed by atoms with E-state index in [0.29, 0.717) is 52.5 Å². The van der Waals surface area contributed by atoms with Gasteiger partial charge in [-0.3, -0.25) is 4.79 Å². The van der Waals surface area contributed by atoms with Crippen LogP contribution in [0.4, 0.5) is 0 Å². The van der Waals surface area contributed by atoms with E-state index in [-0.39, 0.29) is 31.3 Å². The smallest absolute Gasteiger partial charge is 0.337 e. The second-order valence-corrected chi connectivity index (χ2v) is 9.58. The Morgan fingerprint density at radius 3 is 2.25 bits per heavy atom. The second kappa shape index (κ2) is 12.8. The van der Waals surface area contributed by atoms with Gasteiger partial charge in [-0.25, -0.2) is 9.59 Å². The molecule has 0 saturated heterocycles. The van der Waals surface area contributed by atoms with Gasteiger partial charge in [0.05, 0.1) is 39.1 Å². The highest BCUT2D eigenvalue weighted by Gasteiger charge is 2.41. The Morgan fingerprint density at radius 1 is 0.900 bits per heavy atom. The largest absolute Gasteiger partial charge is 0.493 e. The van der Waals surface area contributed by atoms with E-state index in [0.717, 1.165) is 11.3 Å². The van der Waals surface area contributed by atoms with Crippen molar-refractivity contribution in [2.75, 3.05) is 41.2 Å². The van der Waals surface area contributed by atoms with Gasteiger partial charge in [0.15, 0.2) is 17.3 Å². The number of methoxy groups -OCH3 is 3. The van der Waals surface area contributed by atoms with E-state index < -0.39 is 17.9 Å². The summed E-state index contributed by atoms with van der Waals surface area (Å²) in [7, 11) is 4.48. The summed E-state index contributed by atoms with van der Waals surface area (Å²) < 4.78 is 26.5. The Hall–Kier alpha value is -4.11. The van der Waals surface area contributed by atoms with Crippen LogP contribution in [0, 0.1) is 0 Å². The van der Waals surface area contributed by atoms with E-state index in [2.05, 4.69) is 5.32 Å². The van der Waals surface area contributed by atoms with Crippen molar-refractivity contribution < 1.29 is 38.1 Å². The number of Topliss-reactive ketones (excluding diaryl/α,β-unsaturated/α-hetero) is 1. The standard InChI is InChI=1S/C31H35NO8/c1-6-39-13-14-40-31(35)27-18(2)32-23-15-22(21-11-12-25(36-3)26(17-21)37-4)16-24(33)29(23)28(27)19-7-9-20(10-8-19)30(34)38-5/h7-12,17,22,28,32H,6,13-16H2,1-5H3. The molecule has 0 fully saturated rings. The van der Waals surface area contributed by atoms with Gasteiger partial charge < -0.3 is 29.0 Å². The molecule has 40 heavy (non-hydrogen) atoms. The van der Waals surface area contributed by atoms with Crippen LogP contribution >= 0.6 is 0 Å². The van der Waals surface area contributed by atoms with Gasteiger partial charge in [-0.2, -0.15) is 0 Å². The van der Waals surface area contributed by atoms with E-state index >= 15 is 0 Å². The molecular formula is C31H35NO8. The number of nitrogens with one attached hydrogen (secondary N) is 1. The quantitative estimate of drug-likeness (QED) is 0.340. The molecule has 2 aromatic rings. The molecule has 2 atom stereocenters. The number of benzene rings is 2. The van der Waals surface area contributed by atoms with Gasteiger partial charge in [0, 0.05) is 35.9 Å². The molecule has 9 nitrogen and oxygen atoms in total. The third-order valence-corrected chi connectivity index (χ3v) is 7.26. The van der Waals surface area contributed by atoms with Crippen molar-refractivity contribution in [2.24, 2.45) is 0 Å². The SMILES string of the molecule is CCOCCOC(=O)C1=C(C)NC2=C(C(=O)CC(c3ccc(OC)c(OC)c3)C2)C1c1ccc(C(=O)OC)cc1. The number of allylic oxidation sites excluding steroid dienone is 3. The molecule has 1 aliphatic heterocycles. The number of carbonyl (C=O) groups is 3. The summed E-state index contributed by atoms with van der Waals surface area (Å²) in [6, 6.07) is 12.5. The molecule has 2 aromatic carbocycles. The molecule has 9 heteroatoms. The van der Waals surface area contributed by atoms with Crippen molar-refractivity contribution in [3.05, 3.63) is 81.7 Å². The zero-order valence-corrected chi connectivity index (χ0v) is 23.5. The average Bonchev–Trinajstić information content (AvgIpc) is 2.97. The van der Waals surface area contributed by atoms with Crippen molar-refractivity contribution >= 4 is 17.7 Å². The normalized spacial score (nSPS) is 18.6. The number of rotatable bonds is 10. The minimum Gasteiger partial charge on any atom is -0.493 e. The fraction of sp³-hybridized carbons (Fsp3) is 0.387. The maximum absolute atomic E-state index is 13.8. The zero-order chi connectivity index (χ0) is 28.8. The van der Waals surface area contributed by atoms with Crippen LogP contribution in [0.3, 0.4) is 0 Å². The summed E-state index contributed by atoms with van der Waals surface area (Å²) >= 11 is 0. The van der Waals surface area contributed by atoms with Crippen molar-refractivity contribution in [2.45, 2.75) is 38.5 Å². The van der Waals surface area contributed by atoms with Gasteiger partial charge in [-0.05, 0) is 61.6 Å². The van der Waals surface area contributed by atoms with Crippen molar-refractivity contribution in [3.63, 3.8) is 0 Å². The molecule has 0 amide bonds. The van der Waals surface area contributed by atoms with Crippen LogP contribution in [-0.4, -0.2) is 58.9 Å². The first kappa shape index (κ1) is 28.9. The maximum Gasteiger partial charge on any atom is 0.337 e. The van der Waals surface area contributed by atoms with Crippen LogP contribution in [0.1, 0.15) is 60.0 Å². The van der Waals surface area contributed by atoms with E-state index in [1.807, 2.05) is 32.0 Å². The molecule has 212 valence electrons. The zero-order valence-electron chi connectivity index (χ0n) is 23.5. The summed E-state index contributed by atoms with van der Waals surface area (Å²) in [5.74, 6) is -0.581. The fourth-order valence-electron chi connectivity index (χ4n) is 5.33. The average molecular weight is 550 g/mol. The number of dihydropyridines is 1. The Labute approximate surface area is 234 Å². The van der Waals surface area contributed by atoms with Gasteiger partial charge in [-0.15, -0.1) is 0 Å². The van der Waals surface area contributed by atoms with E-state index in [9.17, 15) is 14.4 Å². The van der Waals surface area contributed by atoms with E-state index in [1.165, 1.54) is 7.11 Å². The van der Waals surface area contributed by atoms with Crippen LogP contribution in [0.25, 0.3) is 0 Å². The number of ether oxygens (including phenoxy) is 5. The lowest BCUT2D eigenvalue weighted by Gasteiger charge is -2.36. The first-order valence-corrected chi connectivity index (χ1v) is 13.2. The van der Waals surface area contributed by atoms with Gasteiger partial charge in [0.2, 0.25) is 0 Å². The van der Waals surface area contributed by atoms with Crippen molar-refractivity contribution in [3.8, 4) is 11.5 Å². The predicted molar refractivity (Wildman–Crippen MR) is 147 cm³/mol. The minimum atomic E-state index is -0.651. The monoisotopic (exact) mass is 549 g/mol. The molecule has 1 heterocycles. The highest BCUT2D eigenvalue weighted by atomic mass is 16.6. The van der Waals surface area contributed by atoms with Gasteiger partial charge in [-0.1, -0.05) is 18.2 Å². The number of esters is 2. The molecule has 1 aliphatic carbocycles. The molecule has 4 rings (SSSR count). The van der Waals surface area contributed by atoms with Crippen LogP contribution in [-0.2, 0) is 23.8 Å². The predicted octanol–water partition coefficient (Wildman–Crippen LogP) is 4.43. The number of hydrogen-bond acceptors (Lipinski definition) is 9. The minimum absolute atomic E-state index is 0.0669. The molecule has 0 spiro atoms. The highest BCUT2D eigenvalue weighted by Crippen LogP contribution is 2.46. The Morgan fingerprint density at radius 2 is 1.60 bits per heavy atom. The van der Waals surface area contributed by atoms with Gasteiger partial charge in [0.25, 0.3) is 0 Å². The molecule has 0 aromatic heterocycles. The lowest BCUT2D eigenvalue weighted by molar-refractivity contribution is -0.140. The van der Waals surface area contributed by atoms with Crippen LogP contribution in [0.15, 0.2) is 65.0 Å². The Balaban J connectivity index is 1.72. The molecular weight excluding hydrogens is 514 g/mol. The molecule has 0 radical (unpaired) electrons. The summed E-state index contributed by atoms with van der Waals surface area (Å²) in [4.78, 5) is 39.2. The molecule has 2 unspecified atom stereocenters. The first-order valence-electron chi connectivity index (χ1n) is 13.2. The van der Waals surface area contributed by atoms with Crippen LogP contribution in [0.2, 0.25) is 0 Å². The molecule has 0 saturated carbocycles. The third kappa shape index (κ3) is 5.89. The lowest BCUT2D eigenvalue weighted by atomic mass is 9.71. The topological polar surface area (TPSA) is 109 Å². The number of carbonyl (C=O) groups excluding carboxylic acids is 3. The first-order chi connectivity index (χ1) is 19.3. The Kier molecular flexibility index (Phi) is 9.26. The second-order valence-electron chi connectivity index (χ2n) is 9.58. The van der Waals surface area contributed by atoms with E-state index in [4.69, 9.17) is 23.7 Å². The highest BCUT2D eigenvalue weighted by molar-refractivity contribution is 6.04. The summed E-state index contributed by atoms with van der Waals surface area (Å²) in [5.41, 5.74) is 4.31. The molecule has 1 N–H and O–H groups in total. The van der Waals surface area contributed by atoms with E-state index in [1.54, 1.807) is 38.5 Å². The fourth-order valence-corrected chi connectivity index (χ4v) is 5.33. The summed E-state index contributed by atoms with van der Waals surface area (Å²) in [6.45, 7) is 4.57. The maximum atomic E-state index is 13.8. The number of hydrogen-bond donors (Lipinski definition) is 1. The van der Waals surface area contributed by atoms with Crippen molar-refractivity contribution in [1.29, 1.82) is 0 Å². The summed E-state index contributed by atoms with van der Waals surface area (Å²) in [6.07, 6.45) is 0.829. The lowest BCUT2D eigenvalue weighted by Crippen LogP contribution is -2.36. The molecule has 2 aliphatic rings. The van der Waals surface area contributed by atoms with Gasteiger partial charge in [0.1, 0.15) is 6.61 Å². The van der Waals surface area contributed by atoms with Crippen LogP contribution < -0.4 is 14.8 Å². The van der Waals surface area contributed by atoms with Crippen molar-refractivity contribution in [1.82, 2.24) is 5.32 Å². The third-order valence-electron chi connectivity index (χ3n) is 7.26. The van der Waals surface area contributed by atoms with Gasteiger partial charge >= 0.3 is 11.9 Å².